The molecule has 0 saturated heterocycles. The van der Waals surface area contributed by atoms with Crippen LogP contribution in [0.25, 0.3) is 0 Å². The van der Waals surface area contributed by atoms with Crippen LogP contribution in [0.4, 0.5) is 0 Å². The van der Waals surface area contributed by atoms with Gasteiger partial charge in [0.05, 0.1) is 16.5 Å². The number of nitrogens with zero attached hydrogens (tertiary/aromatic N) is 2. The first kappa shape index (κ1) is 24.2. The van der Waals surface area contributed by atoms with Crippen LogP contribution in [0, 0.1) is 0 Å². The van der Waals surface area contributed by atoms with E-state index in [0.29, 0.717) is 32.4 Å². The fraction of sp³-hybridized carbons (Fsp3) is 0.391. The Labute approximate surface area is 194 Å². The second-order valence-corrected chi connectivity index (χ2v) is 10.1. The molecule has 172 valence electrons. The van der Waals surface area contributed by atoms with Gasteiger partial charge in [-0.1, -0.05) is 48.0 Å². The summed E-state index contributed by atoms with van der Waals surface area (Å²) in [5, 5.41) is 6.41. The van der Waals surface area contributed by atoms with E-state index in [2.05, 4.69) is 15.6 Å². The first-order valence-electron chi connectivity index (χ1n) is 10.7. The van der Waals surface area contributed by atoms with Gasteiger partial charge in [-0.15, -0.1) is 0 Å². The van der Waals surface area contributed by atoms with Crippen LogP contribution in [0.2, 0.25) is 5.02 Å². The van der Waals surface area contributed by atoms with Crippen molar-refractivity contribution in [2.45, 2.75) is 30.7 Å². The van der Waals surface area contributed by atoms with E-state index in [1.165, 1.54) is 6.07 Å². The van der Waals surface area contributed by atoms with Gasteiger partial charge in [0.15, 0.2) is 9.84 Å². The van der Waals surface area contributed by atoms with Crippen LogP contribution >= 0.6 is 11.6 Å². The van der Waals surface area contributed by atoms with Gasteiger partial charge in [0, 0.05) is 32.1 Å². The Balaban J connectivity index is 1.34. The van der Waals surface area contributed by atoms with E-state index in [-0.39, 0.29) is 21.7 Å². The minimum atomic E-state index is -3.48. The van der Waals surface area contributed by atoms with Gasteiger partial charge in [-0.25, -0.2) is 8.42 Å². The number of amides is 1. The normalized spacial score (nSPS) is 13.5. The zero-order chi connectivity index (χ0) is 23.0. The molecule has 0 saturated carbocycles. The molecule has 7 nitrogen and oxygen atoms in total. The smallest absolute Gasteiger partial charge is 0.222 e. The monoisotopic (exact) mass is 476 g/mol. The van der Waals surface area contributed by atoms with Crippen LogP contribution in [0.15, 0.2) is 58.4 Å². The summed E-state index contributed by atoms with van der Waals surface area (Å²) in [5.41, 5.74) is 2.12. The van der Waals surface area contributed by atoms with Crippen LogP contribution in [-0.2, 0) is 21.2 Å². The zero-order valence-electron chi connectivity index (χ0n) is 18.2. The number of hydrogen-bond donors (Lipinski definition) is 2. The Bertz CT molecular complexity index is 1060. The molecule has 2 aromatic carbocycles. The molecule has 0 fully saturated rings. The molecule has 1 aliphatic rings. The summed E-state index contributed by atoms with van der Waals surface area (Å²) in [6.07, 6.45) is 1.82. The summed E-state index contributed by atoms with van der Waals surface area (Å²) in [4.78, 5) is 18.7. The van der Waals surface area contributed by atoms with Crippen LogP contribution in [-0.4, -0.2) is 57.6 Å². The summed E-state index contributed by atoms with van der Waals surface area (Å²) in [6.45, 7) is 2.75. The molecule has 0 aliphatic carbocycles. The Hall–Kier alpha value is -2.42. The molecule has 0 bridgehead atoms. The van der Waals surface area contributed by atoms with Crippen molar-refractivity contribution in [1.82, 2.24) is 15.5 Å². The molecule has 2 aromatic rings. The Kier molecular flexibility index (Phi) is 8.67. The number of carbonyl (C=O) groups is 1. The third-order valence-corrected chi connectivity index (χ3v) is 7.26. The molecule has 0 unspecified atom stereocenters. The highest BCUT2D eigenvalue weighted by Crippen LogP contribution is 2.21. The average Bonchev–Trinajstić information content (AvgIpc) is 3.31. The van der Waals surface area contributed by atoms with Crippen molar-refractivity contribution in [3.63, 3.8) is 0 Å². The lowest BCUT2D eigenvalue weighted by Crippen LogP contribution is -2.27. The van der Waals surface area contributed by atoms with Crippen molar-refractivity contribution in [3.8, 4) is 0 Å². The summed E-state index contributed by atoms with van der Waals surface area (Å²) in [6, 6.07) is 14.5. The highest BCUT2D eigenvalue weighted by molar-refractivity contribution is 7.91. The summed E-state index contributed by atoms with van der Waals surface area (Å²) in [7, 11) is -1.68. The van der Waals surface area contributed by atoms with Crippen LogP contribution in [0.5, 0.6) is 0 Å². The highest BCUT2D eigenvalue weighted by atomic mass is 35.5. The second kappa shape index (κ2) is 11.4. The number of unbranched alkanes of at least 4 members (excludes halogenated alkanes) is 1. The maximum absolute atomic E-state index is 12.4. The minimum Gasteiger partial charge on any atom is -0.368 e. The van der Waals surface area contributed by atoms with Crippen LogP contribution < -0.4 is 10.6 Å². The van der Waals surface area contributed by atoms with Gasteiger partial charge in [0.2, 0.25) is 5.91 Å². The molecule has 0 spiro atoms. The highest BCUT2D eigenvalue weighted by Gasteiger charge is 2.17. The SMILES string of the molecule is CN(Cc1ccc(C2=NCCN2)cc1)C(=O)CCCCNCS(=O)(=O)c1ccccc1Cl. The van der Waals surface area contributed by atoms with Crippen LogP contribution in [0.1, 0.15) is 30.4 Å². The van der Waals surface area contributed by atoms with Crippen LogP contribution in [0.3, 0.4) is 0 Å². The molecule has 32 heavy (non-hydrogen) atoms. The summed E-state index contributed by atoms with van der Waals surface area (Å²) in [5.74, 6) is 0.816. The second-order valence-electron chi connectivity index (χ2n) is 7.75. The van der Waals surface area contributed by atoms with Gasteiger partial charge in [-0.2, -0.15) is 0 Å². The number of rotatable bonds is 11. The Morgan fingerprint density at radius 1 is 1.16 bits per heavy atom. The number of carbonyl (C=O) groups excluding carboxylic acids is 1. The predicted molar refractivity (Wildman–Crippen MR) is 128 cm³/mol. The summed E-state index contributed by atoms with van der Waals surface area (Å²) < 4.78 is 24.7. The van der Waals surface area contributed by atoms with Gasteiger partial charge in [0.25, 0.3) is 0 Å². The lowest BCUT2D eigenvalue weighted by atomic mass is 10.1. The summed E-state index contributed by atoms with van der Waals surface area (Å²) >= 11 is 5.97. The van der Waals surface area contributed by atoms with E-state index in [0.717, 1.165) is 30.1 Å². The number of aliphatic imine (C=N–C) groups is 1. The average molecular weight is 477 g/mol. The number of halogens is 1. The maximum Gasteiger partial charge on any atom is 0.222 e. The molecule has 9 heteroatoms. The molecule has 0 aromatic heterocycles. The molecule has 3 rings (SSSR count). The van der Waals surface area contributed by atoms with Gasteiger partial charge in [-0.05, 0) is 37.1 Å². The number of amidine groups is 1. The predicted octanol–water partition coefficient (Wildman–Crippen LogP) is 2.84. The lowest BCUT2D eigenvalue weighted by molar-refractivity contribution is -0.130. The quantitative estimate of drug-likeness (QED) is 0.487. The van der Waals surface area contributed by atoms with E-state index in [1.807, 2.05) is 24.3 Å². The van der Waals surface area contributed by atoms with Crippen molar-refractivity contribution >= 4 is 33.2 Å². The van der Waals surface area contributed by atoms with Gasteiger partial charge >= 0.3 is 0 Å². The third-order valence-electron chi connectivity index (χ3n) is 5.21. The van der Waals surface area contributed by atoms with E-state index in [9.17, 15) is 13.2 Å². The molecule has 1 amide bonds. The standard InChI is InChI=1S/C23H29ClN4O3S/c1-28(16-18-9-11-19(12-10-18)23-26-14-15-27-23)22(29)8-4-5-13-25-17-32(30,31)21-7-3-2-6-20(21)24/h2-3,6-7,9-12,25H,4-5,8,13-17H2,1H3,(H,26,27). The molecule has 2 N–H and O–H groups in total. The van der Waals surface area contributed by atoms with Crippen molar-refractivity contribution in [2.24, 2.45) is 4.99 Å². The lowest BCUT2D eigenvalue weighted by Gasteiger charge is -2.17. The molecule has 1 aliphatic heterocycles. The molecule has 0 atom stereocenters. The van der Waals surface area contributed by atoms with Gasteiger partial charge < -0.3 is 15.5 Å². The fourth-order valence-corrected chi connectivity index (χ4v) is 5.13. The third kappa shape index (κ3) is 6.79. The number of hydrogen-bond acceptors (Lipinski definition) is 6. The van der Waals surface area contributed by atoms with Crippen molar-refractivity contribution < 1.29 is 13.2 Å². The van der Waals surface area contributed by atoms with Gasteiger partial charge in [-0.3, -0.25) is 9.79 Å². The number of sulfone groups is 1. The van der Waals surface area contributed by atoms with Gasteiger partial charge in [0.1, 0.15) is 11.7 Å². The maximum atomic E-state index is 12.4. The van der Waals surface area contributed by atoms with E-state index in [1.54, 1.807) is 30.1 Å². The first-order chi connectivity index (χ1) is 15.4. The number of benzene rings is 2. The fourth-order valence-electron chi connectivity index (χ4n) is 3.42. The minimum absolute atomic E-state index is 0.0691. The van der Waals surface area contributed by atoms with Crippen molar-refractivity contribution in [1.29, 1.82) is 0 Å². The molecule has 1 heterocycles. The Morgan fingerprint density at radius 2 is 1.91 bits per heavy atom. The van der Waals surface area contributed by atoms with Crippen molar-refractivity contribution in [3.05, 3.63) is 64.7 Å². The van der Waals surface area contributed by atoms with E-state index >= 15 is 0 Å². The van der Waals surface area contributed by atoms with E-state index in [4.69, 9.17) is 11.6 Å². The van der Waals surface area contributed by atoms with Crippen molar-refractivity contribution in [2.75, 3.05) is 32.6 Å². The largest absolute Gasteiger partial charge is 0.368 e. The Morgan fingerprint density at radius 3 is 2.59 bits per heavy atom. The topological polar surface area (TPSA) is 90.9 Å². The first-order valence-corrected chi connectivity index (χ1v) is 12.7. The molecular weight excluding hydrogens is 448 g/mol. The molecule has 0 radical (unpaired) electrons. The van der Waals surface area contributed by atoms with E-state index < -0.39 is 9.84 Å². The number of nitrogens with one attached hydrogen (secondary N) is 2. The zero-order valence-corrected chi connectivity index (χ0v) is 19.8. The molecular formula is C23H29ClN4O3S.